The minimum absolute atomic E-state index is 0. The van der Waals surface area contributed by atoms with Crippen molar-refractivity contribution < 1.29 is 90.1 Å². The van der Waals surface area contributed by atoms with Gasteiger partial charge in [0.05, 0.1) is 0 Å². The van der Waals surface area contributed by atoms with E-state index in [0.717, 1.165) is 0 Å². The first-order valence-electron chi connectivity index (χ1n) is 4.12. The Morgan fingerprint density at radius 2 is 1.25 bits per heavy atom. The molecule has 0 saturated carbocycles. The molecule has 0 aliphatic carbocycles. The minimum Gasteiger partial charge on any atom is 0 e. The van der Waals surface area contributed by atoms with Crippen molar-refractivity contribution in [3.8, 4) is 0 Å². The van der Waals surface area contributed by atoms with Gasteiger partial charge in [0.2, 0.25) is 0 Å². The molecule has 0 amide bonds. The van der Waals surface area contributed by atoms with Gasteiger partial charge < -0.3 is 0 Å². The van der Waals surface area contributed by atoms with Crippen LogP contribution in [0.5, 0.6) is 0 Å². The molecule has 0 aromatic heterocycles. The first-order chi connectivity index (χ1) is 6.30. The van der Waals surface area contributed by atoms with Gasteiger partial charge in [0.15, 0.2) is 0 Å². The Bertz CT molecular complexity index is 210. The molecule has 1 fully saturated rings. The summed E-state index contributed by atoms with van der Waals surface area (Å²) in [6.45, 7) is 8.17. The van der Waals surface area contributed by atoms with Gasteiger partial charge in [-0.25, -0.2) is 0 Å². The maximum Gasteiger partial charge on any atom is 0 e. The van der Waals surface area contributed by atoms with Crippen LogP contribution in [-0.2, 0) is 90.1 Å². The summed E-state index contributed by atoms with van der Waals surface area (Å²) < 4.78 is 16.5. The molecule has 0 radical (unpaired) electrons. The van der Waals surface area contributed by atoms with Crippen molar-refractivity contribution in [2.75, 3.05) is 0 Å². The number of hydrogen-bond acceptors (Lipinski definition) is 3. The summed E-state index contributed by atoms with van der Waals surface area (Å²) in [6.07, 6.45) is 0. The molecular weight excluding hydrogens is 888 g/mol. The zero-order valence-electron chi connectivity index (χ0n) is 9.60. The Labute approximate surface area is 149 Å². The van der Waals surface area contributed by atoms with E-state index in [4.69, 9.17) is 9.31 Å². The van der Waals surface area contributed by atoms with E-state index in [1.807, 2.05) is 27.7 Å². The Hall–Kier alpha value is 2.44. The standard InChI is InChI=1S/C7H12BO2.CH2N.4W/c1-6(2)7(3,4)10-8(5)9-6;1-2;;;;/h1-4H3;2H2;;;;/q2*-1;;;;. The molecule has 0 unspecified atom stereocenters. The third-order valence-electron chi connectivity index (χ3n) is 2.35. The van der Waals surface area contributed by atoms with E-state index in [0.29, 0.717) is 0 Å². The molecule has 1 aliphatic rings. The molecule has 92 valence electrons. The maximum atomic E-state index is 5.60. The van der Waals surface area contributed by atoms with Gasteiger partial charge >= 0.3 is 109 Å². The zero-order chi connectivity index (χ0) is 11.4. The smallest absolute Gasteiger partial charge is 0 e. The Balaban J connectivity index is -0.000000306. The fraction of sp³-hybridized carbons (Fsp3) is 0.750. The normalized spacial score (nSPS) is 19.4. The summed E-state index contributed by atoms with van der Waals surface area (Å²) in [6, 6.07) is 0. The molecule has 1 aliphatic heterocycles. The predicted molar refractivity (Wildman–Crippen MR) is 50.3 cm³/mol. The summed E-state index contributed by atoms with van der Waals surface area (Å²) in [5.74, 6) is 0. The van der Waals surface area contributed by atoms with Crippen molar-refractivity contribution in [2.24, 2.45) is 5.73 Å². The quantitative estimate of drug-likeness (QED) is 0.229. The van der Waals surface area contributed by atoms with Crippen molar-refractivity contribution >= 4 is 15.9 Å². The van der Waals surface area contributed by atoms with Gasteiger partial charge in [0.25, 0.3) is 0 Å². The van der Waals surface area contributed by atoms with Crippen molar-refractivity contribution in [3.05, 3.63) is 0 Å². The molecule has 8 heteroatoms. The average molecular weight is 902 g/mol. The van der Waals surface area contributed by atoms with Crippen LogP contribution in [0.25, 0.3) is 0 Å². The largest absolute Gasteiger partial charge is 0 e. The van der Waals surface area contributed by atoms with Crippen LogP contribution >= 0.6 is 0 Å². The topological polar surface area (TPSA) is 44.5 Å². The minimum atomic E-state index is -0.227. The summed E-state index contributed by atoms with van der Waals surface area (Å²) in [7, 11) is -0.227. The van der Waals surface area contributed by atoms with Gasteiger partial charge in [-0.3, -0.25) is 0 Å². The molecule has 1 rings (SSSR count). The SMILES string of the molecule is CC1(C)OB([C-]=[W])OC1(C)C.N[C-]=[W].[W].[W]. The van der Waals surface area contributed by atoms with Crippen molar-refractivity contribution in [1.82, 2.24) is 0 Å². The van der Waals surface area contributed by atoms with Crippen LogP contribution in [0.3, 0.4) is 0 Å². The molecule has 1 heterocycles. The molecule has 0 aromatic carbocycles. The molecule has 1 saturated heterocycles. The van der Waals surface area contributed by atoms with Crippen molar-refractivity contribution in [3.63, 3.8) is 0 Å². The van der Waals surface area contributed by atoms with E-state index in [2.05, 4.69) is 14.6 Å². The first kappa shape index (κ1) is 23.5. The van der Waals surface area contributed by atoms with Gasteiger partial charge in [0.1, 0.15) is 0 Å². The van der Waals surface area contributed by atoms with Crippen LogP contribution in [0, 0.1) is 0 Å². The van der Waals surface area contributed by atoms with Crippen molar-refractivity contribution in [2.45, 2.75) is 38.9 Å². The second kappa shape index (κ2) is 10.3. The molecule has 2 N–H and O–H groups in total. The average Bonchev–Trinajstić information content (AvgIpc) is 2.23. The van der Waals surface area contributed by atoms with Gasteiger partial charge in [-0.2, -0.15) is 0 Å². The second-order valence-electron chi connectivity index (χ2n) is 3.82. The third-order valence-corrected chi connectivity index (χ3v) is 3.04. The molecule has 0 bridgehead atoms. The van der Waals surface area contributed by atoms with Crippen LogP contribution < -0.4 is 5.73 Å². The molecular formula is C8H14BNO2W4-2. The first-order valence-corrected chi connectivity index (χ1v) is 7.05. The Morgan fingerprint density at radius 1 is 1.00 bits per heavy atom. The summed E-state index contributed by atoms with van der Waals surface area (Å²) >= 11 is 2.46. The van der Waals surface area contributed by atoms with E-state index < -0.39 is 0 Å². The number of nitrogens with two attached hydrogens (primary N) is 1. The van der Waals surface area contributed by atoms with E-state index in [-0.39, 0.29) is 60.5 Å². The Kier molecular flexibility index (Phi) is 15.1. The van der Waals surface area contributed by atoms with Gasteiger partial charge in [-0.1, -0.05) is 0 Å². The van der Waals surface area contributed by atoms with E-state index >= 15 is 0 Å². The maximum absolute atomic E-state index is 5.60. The number of rotatable bonds is 1. The van der Waals surface area contributed by atoms with Gasteiger partial charge in [-0.15, -0.1) is 0 Å². The predicted octanol–water partition coefficient (Wildman–Crippen LogP) is -0.0326. The fourth-order valence-corrected chi connectivity index (χ4v) is 1.24. The molecule has 0 atom stereocenters. The van der Waals surface area contributed by atoms with E-state index in [1.54, 1.807) is 0 Å². The van der Waals surface area contributed by atoms with Crippen LogP contribution in [0.15, 0.2) is 0 Å². The molecule has 0 spiro atoms. The van der Waals surface area contributed by atoms with E-state index in [1.165, 1.54) is 38.7 Å². The summed E-state index contributed by atoms with van der Waals surface area (Å²) in [5, 5.41) is 0. The van der Waals surface area contributed by atoms with E-state index in [9.17, 15) is 0 Å². The van der Waals surface area contributed by atoms with Crippen LogP contribution in [0.2, 0.25) is 0 Å². The fourth-order valence-electron chi connectivity index (χ4n) is 0.891. The van der Waals surface area contributed by atoms with Crippen molar-refractivity contribution in [1.29, 1.82) is 0 Å². The molecule has 0 aromatic rings. The molecule has 16 heavy (non-hydrogen) atoms. The summed E-state index contributed by atoms with van der Waals surface area (Å²) in [5.41, 5.74) is 4.22. The number of hydrogen-bond donors (Lipinski definition) is 1. The van der Waals surface area contributed by atoms with Gasteiger partial charge in [0, 0.05) is 42.1 Å². The molecule has 3 nitrogen and oxygen atoms in total. The Morgan fingerprint density at radius 3 is 1.38 bits per heavy atom. The van der Waals surface area contributed by atoms with Crippen LogP contribution in [0.1, 0.15) is 27.7 Å². The third kappa shape index (κ3) is 7.13. The zero-order valence-corrected chi connectivity index (χ0v) is 21.3. The van der Waals surface area contributed by atoms with Crippen LogP contribution in [-0.4, -0.2) is 27.1 Å². The monoisotopic (exact) mass is 903 g/mol. The van der Waals surface area contributed by atoms with Crippen LogP contribution in [0.4, 0.5) is 0 Å². The van der Waals surface area contributed by atoms with Gasteiger partial charge in [-0.05, 0) is 0 Å². The summed E-state index contributed by atoms with van der Waals surface area (Å²) in [4.78, 5) is 0. The second-order valence-corrected chi connectivity index (χ2v) is 5.52.